The summed E-state index contributed by atoms with van der Waals surface area (Å²) in [6, 6.07) is 0.801. The second-order valence-electron chi connectivity index (χ2n) is 2.60. The summed E-state index contributed by atoms with van der Waals surface area (Å²) in [7, 11) is 1.09. The number of carbonyl (C=O) groups is 1. The van der Waals surface area contributed by atoms with Crippen molar-refractivity contribution in [2.75, 3.05) is 7.11 Å². The number of carboxylic acid groups (broad SMARTS) is 1. The molecule has 0 unspecified atom stereocenters. The number of aromatic carboxylic acids is 1. The molecule has 1 aromatic heterocycles. The predicted molar refractivity (Wildman–Crippen MR) is 45.5 cm³/mol. The lowest BCUT2D eigenvalue weighted by atomic mass is 10.2. The van der Waals surface area contributed by atoms with Gasteiger partial charge in [0.15, 0.2) is 0 Å². The van der Waals surface area contributed by atoms with E-state index in [0.717, 1.165) is 13.2 Å². The number of alkyl halides is 2. The third kappa shape index (κ3) is 2.12. The molecule has 0 aromatic carbocycles. The van der Waals surface area contributed by atoms with E-state index in [-0.39, 0.29) is 5.75 Å². The van der Waals surface area contributed by atoms with Gasteiger partial charge in [-0.3, -0.25) is 4.79 Å². The Kier molecular flexibility index (Phi) is 3.03. The number of pyridine rings is 1. The molecule has 0 atom stereocenters. The van der Waals surface area contributed by atoms with Crippen molar-refractivity contribution in [1.29, 1.82) is 0 Å². The number of ether oxygens (including phenoxy) is 1. The van der Waals surface area contributed by atoms with Gasteiger partial charge in [0.25, 0.3) is 12.0 Å². The highest BCUT2D eigenvalue weighted by molar-refractivity contribution is 5.92. The SMILES string of the molecule is COc1cc(=O)[nH]c(C(F)F)c1C(=O)O. The van der Waals surface area contributed by atoms with Gasteiger partial charge in [-0.15, -0.1) is 0 Å². The molecular formula is C8H7F2NO4. The van der Waals surface area contributed by atoms with Gasteiger partial charge in [-0.1, -0.05) is 0 Å². The van der Waals surface area contributed by atoms with Crippen LogP contribution in [0.1, 0.15) is 22.5 Å². The van der Waals surface area contributed by atoms with Crippen molar-refractivity contribution in [1.82, 2.24) is 4.98 Å². The van der Waals surface area contributed by atoms with Crippen LogP contribution in [0.15, 0.2) is 10.9 Å². The molecule has 0 spiro atoms. The van der Waals surface area contributed by atoms with Gasteiger partial charge in [-0.05, 0) is 0 Å². The van der Waals surface area contributed by atoms with Gasteiger partial charge < -0.3 is 14.8 Å². The minimum Gasteiger partial charge on any atom is -0.496 e. The van der Waals surface area contributed by atoms with Crippen LogP contribution in [0, 0.1) is 0 Å². The minimum atomic E-state index is -3.08. The van der Waals surface area contributed by atoms with Crippen LogP contribution in [0.5, 0.6) is 5.75 Å². The van der Waals surface area contributed by atoms with Crippen molar-refractivity contribution in [3.05, 3.63) is 27.7 Å². The smallest absolute Gasteiger partial charge is 0.341 e. The van der Waals surface area contributed by atoms with Gasteiger partial charge in [0.1, 0.15) is 17.0 Å². The van der Waals surface area contributed by atoms with E-state index in [1.165, 1.54) is 0 Å². The van der Waals surface area contributed by atoms with Crippen LogP contribution < -0.4 is 10.3 Å². The summed E-state index contributed by atoms with van der Waals surface area (Å²) < 4.78 is 29.3. The molecule has 1 heterocycles. The van der Waals surface area contributed by atoms with Crippen molar-refractivity contribution in [3.8, 4) is 5.75 Å². The standard InChI is InChI=1S/C8H7F2NO4/c1-15-3-2-4(12)11-6(7(9)10)5(3)8(13)14/h2,7H,1H3,(H,11,12)(H,13,14). The Bertz CT molecular complexity index is 441. The van der Waals surface area contributed by atoms with Gasteiger partial charge in [-0.2, -0.15) is 0 Å². The summed E-state index contributed by atoms with van der Waals surface area (Å²) >= 11 is 0. The lowest BCUT2D eigenvalue weighted by Gasteiger charge is -2.08. The Morgan fingerprint density at radius 3 is 2.60 bits per heavy atom. The zero-order valence-electron chi connectivity index (χ0n) is 7.58. The topological polar surface area (TPSA) is 79.4 Å². The molecule has 0 aliphatic rings. The average molecular weight is 219 g/mol. The number of carboxylic acids is 1. The normalized spacial score (nSPS) is 10.4. The van der Waals surface area contributed by atoms with Crippen LogP contribution in [-0.2, 0) is 0 Å². The lowest BCUT2D eigenvalue weighted by Crippen LogP contribution is -2.16. The molecule has 0 amide bonds. The highest BCUT2D eigenvalue weighted by Crippen LogP contribution is 2.26. The second-order valence-corrected chi connectivity index (χ2v) is 2.60. The van der Waals surface area contributed by atoms with E-state index in [1.54, 1.807) is 4.98 Å². The van der Waals surface area contributed by atoms with E-state index < -0.39 is 29.2 Å². The Balaban J connectivity index is 3.54. The van der Waals surface area contributed by atoms with E-state index in [2.05, 4.69) is 4.74 Å². The molecule has 1 aromatic rings. The van der Waals surface area contributed by atoms with Gasteiger partial charge in [-0.25, -0.2) is 13.6 Å². The Morgan fingerprint density at radius 2 is 2.20 bits per heavy atom. The number of nitrogens with one attached hydrogen (secondary N) is 1. The molecule has 0 bridgehead atoms. The monoisotopic (exact) mass is 219 g/mol. The Labute approximate surface area is 82.3 Å². The predicted octanol–water partition coefficient (Wildman–Crippen LogP) is 1.02. The summed E-state index contributed by atoms with van der Waals surface area (Å²) in [5, 5.41) is 8.68. The maximum absolute atomic E-state index is 12.4. The first kappa shape index (κ1) is 11.2. The summed E-state index contributed by atoms with van der Waals surface area (Å²) in [6.45, 7) is 0. The van der Waals surface area contributed by atoms with Crippen LogP contribution in [0.3, 0.4) is 0 Å². The molecule has 0 aliphatic carbocycles. The van der Waals surface area contributed by atoms with Crippen LogP contribution in [0.4, 0.5) is 8.78 Å². The molecule has 5 nitrogen and oxygen atoms in total. The number of hydrogen-bond acceptors (Lipinski definition) is 3. The summed E-state index contributed by atoms with van der Waals surface area (Å²) in [4.78, 5) is 23.3. The van der Waals surface area contributed by atoms with Crippen molar-refractivity contribution < 1.29 is 23.4 Å². The lowest BCUT2D eigenvalue weighted by molar-refractivity contribution is 0.0677. The molecule has 0 radical (unpaired) electrons. The quantitative estimate of drug-likeness (QED) is 0.795. The van der Waals surface area contributed by atoms with E-state index >= 15 is 0 Å². The average Bonchev–Trinajstić information content (AvgIpc) is 2.15. The largest absolute Gasteiger partial charge is 0.496 e. The summed E-state index contributed by atoms with van der Waals surface area (Å²) in [6.07, 6.45) is -3.08. The second kappa shape index (κ2) is 4.07. The zero-order chi connectivity index (χ0) is 11.6. The van der Waals surface area contributed by atoms with Gasteiger partial charge in [0.2, 0.25) is 0 Å². The Morgan fingerprint density at radius 1 is 1.60 bits per heavy atom. The molecule has 0 fully saturated rings. The van der Waals surface area contributed by atoms with E-state index in [9.17, 15) is 18.4 Å². The van der Waals surface area contributed by atoms with Crippen LogP contribution in [0.2, 0.25) is 0 Å². The first-order valence-electron chi connectivity index (χ1n) is 3.80. The van der Waals surface area contributed by atoms with Crippen LogP contribution in [-0.4, -0.2) is 23.2 Å². The number of hydrogen-bond donors (Lipinski definition) is 2. The van der Waals surface area contributed by atoms with Crippen molar-refractivity contribution in [2.24, 2.45) is 0 Å². The molecule has 7 heteroatoms. The number of aromatic nitrogens is 1. The first-order valence-corrected chi connectivity index (χ1v) is 3.80. The maximum Gasteiger partial charge on any atom is 0.341 e. The fourth-order valence-corrected chi connectivity index (χ4v) is 1.10. The zero-order valence-corrected chi connectivity index (χ0v) is 7.58. The van der Waals surface area contributed by atoms with Crippen LogP contribution >= 0.6 is 0 Å². The van der Waals surface area contributed by atoms with E-state index in [4.69, 9.17) is 5.11 Å². The number of rotatable bonds is 3. The molecular weight excluding hydrogens is 212 g/mol. The minimum absolute atomic E-state index is 0.387. The molecule has 15 heavy (non-hydrogen) atoms. The van der Waals surface area contributed by atoms with Gasteiger partial charge >= 0.3 is 5.97 Å². The van der Waals surface area contributed by atoms with Crippen LogP contribution in [0.25, 0.3) is 0 Å². The van der Waals surface area contributed by atoms with Gasteiger partial charge in [0, 0.05) is 6.07 Å². The molecule has 0 aliphatic heterocycles. The third-order valence-electron chi connectivity index (χ3n) is 1.69. The third-order valence-corrected chi connectivity index (χ3v) is 1.69. The van der Waals surface area contributed by atoms with E-state index in [1.807, 2.05) is 0 Å². The molecule has 0 saturated carbocycles. The van der Waals surface area contributed by atoms with E-state index in [0.29, 0.717) is 0 Å². The number of H-pyrrole nitrogens is 1. The number of aromatic amines is 1. The number of methoxy groups -OCH3 is 1. The first-order chi connectivity index (χ1) is 6.97. The highest BCUT2D eigenvalue weighted by atomic mass is 19.3. The summed E-state index contributed by atoms with van der Waals surface area (Å²) in [5.74, 6) is -1.97. The molecule has 82 valence electrons. The Hall–Kier alpha value is -1.92. The maximum atomic E-state index is 12.4. The van der Waals surface area contributed by atoms with Gasteiger partial charge in [0.05, 0.1) is 7.11 Å². The summed E-state index contributed by atoms with van der Waals surface area (Å²) in [5.41, 5.74) is -2.52. The molecule has 1 rings (SSSR count). The van der Waals surface area contributed by atoms with Crippen molar-refractivity contribution in [2.45, 2.75) is 6.43 Å². The number of halogens is 2. The molecule has 0 saturated heterocycles. The fraction of sp³-hybridized carbons (Fsp3) is 0.250. The molecule has 2 N–H and O–H groups in total. The van der Waals surface area contributed by atoms with Crippen molar-refractivity contribution in [3.63, 3.8) is 0 Å². The fourth-order valence-electron chi connectivity index (χ4n) is 1.10. The highest BCUT2D eigenvalue weighted by Gasteiger charge is 2.23. The van der Waals surface area contributed by atoms with Crippen molar-refractivity contribution >= 4 is 5.97 Å².